The Hall–Kier alpha value is -2.47. The number of phenols is 1. The zero-order chi connectivity index (χ0) is 16.7. The Morgan fingerprint density at radius 3 is 2.48 bits per heavy atom. The van der Waals surface area contributed by atoms with Crippen LogP contribution in [-0.4, -0.2) is 31.0 Å². The molecule has 0 aliphatic rings. The van der Waals surface area contributed by atoms with Gasteiger partial charge in [-0.1, -0.05) is 12.1 Å². The lowest BCUT2D eigenvalue weighted by Crippen LogP contribution is -2.30. The number of ether oxygens (including phenoxy) is 2. The van der Waals surface area contributed by atoms with Crippen LogP contribution in [0, 0.1) is 0 Å². The summed E-state index contributed by atoms with van der Waals surface area (Å²) in [5, 5.41) is 16.0. The van der Waals surface area contributed by atoms with Crippen molar-refractivity contribution in [1.82, 2.24) is 5.32 Å². The van der Waals surface area contributed by atoms with Crippen LogP contribution in [0.2, 0.25) is 0 Å². The van der Waals surface area contributed by atoms with E-state index in [1.165, 1.54) is 0 Å². The third kappa shape index (κ3) is 5.03. The third-order valence-corrected chi connectivity index (χ3v) is 3.54. The van der Waals surface area contributed by atoms with E-state index >= 15 is 0 Å². The molecule has 0 saturated heterocycles. The first-order valence-corrected chi connectivity index (χ1v) is 7.58. The second kappa shape index (κ2) is 8.24. The van der Waals surface area contributed by atoms with Crippen molar-refractivity contribution >= 4 is 23.0 Å². The Kier molecular flexibility index (Phi) is 6.05. The fourth-order valence-electron chi connectivity index (χ4n) is 2.06. The van der Waals surface area contributed by atoms with E-state index in [0.717, 1.165) is 23.4 Å². The molecule has 6 heteroatoms. The van der Waals surface area contributed by atoms with Crippen molar-refractivity contribution in [2.24, 2.45) is 0 Å². The van der Waals surface area contributed by atoms with Crippen LogP contribution in [0.1, 0.15) is 5.56 Å². The van der Waals surface area contributed by atoms with Crippen molar-refractivity contribution in [2.75, 3.05) is 26.1 Å². The zero-order valence-electron chi connectivity index (χ0n) is 13.1. The highest BCUT2D eigenvalue weighted by atomic mass is 32.1. The van der Waals surface area contributed by atoms with Gasteiger partial charge in [0.05, 0.1) is 19.9 Å². The first kappa shape index (κ1) is 16.9. The molecule has 0 bridgehead atoms. The number of thiocarbonyl (C=S) groups is 1. The molecule has 23 heavy (non-hydrogen) atoms. The molecule has 2 aromatic carbocycles. The molecule has 0 spiro atoms. The predicted octanol–water partition coefficient (Wildman–Crippen LogP) is 2.94. The van der Waals surface area contributed by atoms with Gasteiger partial charge in [0.1, 0.15) is 17.2 Å². The largest absolute Gasteiger partial charge is 0.508 e. The molecule has 0 aliphatic heterocycles. The highest BCUT2D eigenvalue weighted by molar-refractivity contribution is 7.80. The molecule has 0 heterocycles. The van der Waals surface area contributed by atoms with Crippen LogP contribution in [0.25, 0.3) is 0 Å². The van der Waals surface area contributed by atoms with E-state index in [4.69, 9.17) is 21.7 Å². The Bertz CT molecular complexity index is 659. The van der Waals surface area contributed by atoms with E-state index in [-0.39, 0.29) is 5.75 Å². The number of nitrogens with one attached hydrogen (secondary N) is 2. The van der Waals surface area contributed by atoms with Crippen LogP contribution in [0.3, 0.4) is 0 Å². The Labute approximate surface area is 141 Å². The summed E-state index contributed by atoms with van der Waals surface area (Å²) in [6.45, 7) is 0.683. The van der Waals surface area contributed by atoms with E-state index in [1.807, 2.05) is 30.3 Å². The van der Waals surface area contributed by atoms with Crippen molar-refractivity contribution < 1.29 is 14.6 Å². The van der Waals surface area contributed by atoms with Crippen LogP contribution < -0.4 is 20.1 Å². The number of benzene rings is 2. The van der Waals surface area contributed by atoms with E-state index in [9.17, 15) is 5.11 Å². The van der Waals surface area contributed by atoms with E-state index in [2.05, 4.69) is 10.6 Å². The Morgan fingerprint density at radius 2 is 1.83 bits per heavy atom. The second-order valence-electron chi connectivity index (χ2n) is 4.86. The summed E-state index contributed by atoms with van der Waals surface area (Å²) in [5.41, 5.74) is 1.87. The highest BCUT2D eigenvalue weighted by Gasteiger charge is 2.06. The standard InChI is InChI=1S/C17H20N2O3S/c1-21-14-7-8-16(22-2)15(11-14)19-17(23)18-10-9-12-3-5-13(20)6-4-12/h3-8,11,20H,9-10H2,1-2H3,(H2,18,19,23). The quantitative estimate of drug-likeness (QED) is 0.707. The number of anilines is 1. The van der Waals surface area contributed by atoms with Gasteiger partial charge in [-0.15, -0.1) is 0 Å². The maximum Gasteiger partial charge on any atom is 0.170 e. The van der Waals surface area contributed by atoms with Crippen molar-refractivity contribution in [1.29, 1.82) is 0 Å². The van der Waals surface area contributed by atoms with Crippen LogP contribution in [0.5, 0.6) is 17.2 Å². The van der Waals surface area contributed by atoms with Gasteiger partial charge in [-0.2, -0.15) is 0 Å². The summed E-state index contributed by atoms with van der Waals surface area (Å²) in [6, 6.07) is 12.6. The van der Waals surface area contributed by atoms with E-state index < -0.39 is 0 Å². The first-order valence-electron chi connectivity index (χ1n) is 7.17. The number of rotatable bonds is 6. The van der Waals surface area contributed by atoms with Gasteiger partial charge in [0.15, 0.2) is 5.11 Å². The van der Waals surface area contributed by atoms with Gasteiger partial charge in [-0.25, -0.2) is 0 Å². The molecule has 0 fully saturated rings. The molecular formula is C17H20N2O3S. The lowest BCUT2D eigenvalue weighted by molar-refractivity contribution is 0.405. The van der Waals surface area contributed by atoms with Crippen LogP contribution in [0.4, 0.5) is 5.69 Å². The summed E-state index contributed by atoms with van der Waals surface area (Å²) in [5.74, 6) is 1.68. The minimum Gasteiger partial charge on any atom is -0.508 e. The summed E-state index contributed by atoms with van der Waals surface area (Å²) in [4.78, 5) is 0. The van der Waals surface area contributed by atoms with Crippen LogP contribution in [-0.2, 0) is 6.42 Å². The second-order valence-corrected chi connectivity index (χ2v) is 5.27. The maximum atomic E-state index is 9.26. The summed E-state index contributed by atoms with van der Waals surface area (Å²) < 4.78 is 10.5. The lowest BCUT2D eigenvalue weighted by atomic mass is 10.1. The summed E-state index contributed by atoms with van der Waals surface area (Å²) in [7, 11) is 3.22. The van der Waals surface area contributed by atoms with Gasteiger partial charge in [-0.05, 0) is 48.5 Å². The SMILES string of the molecule is COc1ccc(OC)c(NC(=S)NCCc2ccc(O)cc2)c1. The Balaban J connectivity index is 1.88. The van der Waals surface area contributed by atoms with Crippen molar-refractivity contribution in [3.05, 3.63) is 48.0 Å². The molecule has 0 atom stereocenters. The molecule has 0 aliphatic carbocycles. The maximum absolute atomic E-state index is 9.26. The van der Waals surface area contributed by atoms with Crippen molar-refractivity contribution in [3.63, 3.8) is 0 Å². The molecule has 122 valence electrons. The van der Waals surface area contributed by atoms with Crippen LogP contribution >= 0.6 is 12.2 Å². The normalized spacial score (nSPS) is 10.0. The van der Waals surface area contributed by atoms with Gasteiger partial charge < -0.3 is 25.2 Å². The summed E-state index contributed by atoms with van der Waals surface area (Å²) >= 11 is 5.30. The minimum absolute atomic E-state index is 0.268. The van der Waals surface area contributed by atoms with Gasteiger partial charge in [0, 0.05) is 12.6 Å². The zero-order valence-corrected chi connectivity index (χ0v) is 13.9. The third-order valence-electron chi connectivity index (χ3n) is 3.29. The van der Waals surface area contributed by atoms with Gasteiger partial charge in [-0.3, -0.25) is 0 Å². The fraction of sp³-hybridized carbons (Fsp3) is 0.235. The number of methoxy groups -OCH3 is 2. The first-order chi connectivity index (χ1) is 11.1. The number of aromatic hydroxyl groups is 1. The lowest BCUT2D eigenvalue weighted by Gasteiger charge is -2.14. The molecule has 5 nitrogen and oxygen atoms in total. The molecule has 0 amide bonds. The molecular weight excluding hydrogens is 312 g/mol. The van der Waals surface area contributed by atoms with Crippen LogP contribution in [0.15, 0.2) is 42.5 Å². The van der Waals surface area contributed by atoms with Gasteiger partial charge >= 0.3 is 0 Å². The monoisotopic (exact) mass is 332 g/mol. The molecule has 2 aromatic rings. The highest BCUT2D eigenvalue weighted by Crippen LogP contribution is 2.28. The summed E-state index contributed by atoms with van der Waals surface area (Å²) in [6.07, 6.45) is 0.803. The van der Waals surface area contributed by atoms with Gasteiger partial charge in [0.2, 0.25) is 0 Å². The smallest absolute Gasteiger partial charge is 0.170 e. The molecule has 0 unspecified atom stereocenters. The fourth-order valence-corrected chi connectivity index (χ4v) is 2.27. The van der Waals surface area contributed by atoms with E-state index in [0.29, 0.717) is 17.4 Å². The Morgan fingerprint density at radius 1 is 1.09 bits per heavy atom. The number of hydrogen-bond acceptors (Lipinski definition) is 4. The molecule has 3 N–H and O–H groups in total. The molecule has 0 aromatic heterocycles. The molecule has 2 rings (SSSR count). The van der Waals surface area contributed by atoms with Gasteiger partial charge in [0.25, 0.3) is 0 Å². The number of phenolic OH excluding ortho intramolecular Hbond substituents is 1. The molecule has 0 saturated carbocycles. The minimum atomic E-state index is 0.268. The average Bonchev–Trinajstić information content (AvgIpc) is 2.56. The molecule has 0 radical (unpaired) electrons. The van der Waals surface area contributed by atoms with Crippen molar-refractivity contribution in [3.8, 4) is 17.2 Å². The number of hydrogen-bond donors (Lipinski definition) is 3. The predicted molar refractivity (Wildman–Crippen MR) is 95.6 cm³/mol. The van der Waals surface area contributed by atoms with Crippen molar-refractivity contribution in [2.45, 2.75) is 6.42 Å². The topological polar surface area (TPSA) is 62.8 Å². The average molecular weight is 332 g/mol. The van der Waals surface area contributed by atoms with E-state index in [1.54, 1.807) is 26.4 Å².